The van der Waals surface area contributed by atoms with E-state index < -0.39 is 0 Å². The maximum Gasteiger partial charge on any atom is 0.0593 e. The van der Waals surface area contributed by atoms with Gasteiger partial charge >= 0.3 is 0 Å². The Morgan fingerprint density at radius 3 is 2.60 bits per heavy atom. The zero-order valence-corrected chi connectivity index (χ0v) is 13.7. The van der Waals surface area contributed by atoms with Crippen LogP contribution in [0.3, 0.4) is 0 Å². The second-order valence-corrected chi connectivity index (χ2v) is 7.34. The van der Waals surface area contributed by atoms with Gasteiger partial charge in [-0.25, -0.2) is 0 Å². The molecule has 2 N–H and O–H groups in total. The lowest BCUT2D eigenvalue weighted by molar-refractivity contribution is -0.0143. The van der Waals surface area contributed by atoms with Crippen molar-refractivity contribution < 1.29 is 4.74 Å². The highest BCUT2D eigenvalue weighted by Crippen LogP contribution is 2.41. The molecule has 0 amide bonds. The van der Waals surface area contributed by atoms with Gasteiger partial charge in [-0.1, -0.05) is 26.7 Å². The van der Waals surface area contributed by atoms with Gasteiger partial charge in [0.1, 0.15) is 0 Å². The first kappa shape index (κ1) is 16.3. The fraction of sp³-hybridized carbons (Fsp3) is 1.00. The summed E-state index contributed by atoms with van der Waals surface area (Å²) in [7, 11) is 2.26. The topological polar surface area (TPSA) is 38.5 Å². The standard InChI is InChI=1S/C17H34N2O/c1-14(2)16-6-4-5-9-17(16,13-18)19(3)10-11-20-12-15-7-8-15/h14-16H,4-13,18H2,1-3H3. The summed E-state index contributed by atoms with van der Waals surface area (Å²) in [5, 5.41) is 0. The van der Waals surface area contributed by atoms with Crippen LogP contribution in [0.2, 0.25) is 0 Å². The van der Waals surface area contributed by atoms with Crippen LogP contribution in [0.25, 0.3) is 0 Å². The third-order valence-electron chi connectivity index (χ3n) is 5.60. The molecule has 2 aliphatic carbocycles. The summed E-state index contributed by atoms with van der Waals surface area (Å²) in [5.41, 5.74) is 6.45. The summed E-state index contributed by atoms with van der Waals surface area (Å²) in [6.07, 6.45) is 8.04. The average molecular weight is 282 g/mol. The van der Waals surface area contributed by atoms with E-state index in [1.807, 2.05) is 0 Å². The molecular weight excluding hydrogens is 248 g/mol. The molecule has 0 aromatic heterocycles. The second-order valence-electron chi connectivity index (χ2n) is 7.34. The first-order chi connectivity index (χ1) is 9.60. The Labute approximate surface area is 125 Å². The molecule has 3 heteroatoms. The Morgan fingerprint density at radius 2 is 2.00 bits per heavy atom. The maximum atomic E-state index is 6.25. The minimum Gasteiger partial charge on any atom is -0.380 e. The summed E-state index contributed by atoms with van der Waals surface area (Å²) in [4.78, 5) is 2.52. The Morgan fingerprint density at radius 1 is 1.25 bits per heavy atom. The summed E-state index contributed by atoms with van der Waals surface area (Å²) >= 11 is 0. The molecule has 2 atom stereocenters. The van der Waals surface area contributed by atoms with Gasteiger partial charge in [-0.05, 0) is 50.5 Å². The molecule has 2 saturated carbocycles. The van der Waals surface area contributed by atoms with Crippen molar-refractivity contribution >= 4 is 0 Å². The van der Waals surface area contributed by atoms with E-state index in [2.05, 4.69) is 25.8 Å². The quantitative estimate of drug-likeness (QED) is 0.696. The SMILES string of the molecule is CC(C)C1CCCCC1(CN)N(C)CCOCC1CC1. The van der Waals surface area contributed by atoms with Crippen molar-refractivity contribution in [2.45, 2.75) is 57.9 Å². The number of nitrogens with zero attached hydrogens (tertiary/aromatic N) is 1. The molecular formula is C17H34N2O. The molecule has 2 unspecified atom stereocenters. The molecule has 0 bridgehead atoms. The van der Waals surface area contributed by atoms with Gasteiger partial charge < -0.3 is 10.5 Å². The molecule has 2 aliphatic rings. The second kappa shape index (κ2) is 7.24. The van der Waals surface area contributed by atoms with Crippen molar-refractivity contribution in [3.8, 4) is 0 Å². The van der Waals surface area contributed by atoms with Crippen LogP contribution in [-0.4, -0.2) is 43.8 Å². The van der Waals surface area contributed by atoms with Crippen LogP contribution in [-0.2, 0) is 4.74 Å². The minimum absolute atomic E-state index is 0.204. The van der Waals surface area contributed by atoms with Gasteiger partial charge in [-0.3, -0.25) is 4.90 Å². The normalized spacial score (nSPS) is 31.2. The first-order valence-electron chi connectivity index (χ1n) is 8.59. The van der Waals surface area contributed by atoms with E-state index in [0.717, 1.165) is 38.1 Å². The van der Waals surface area contributed by atoms with E-state index in [1.54, 1.807) is 0 Å². The van der Waals surface area contributed by atoms with Crippen LogP contribution in [0.15, 0.2) is 0 Å². The highest BCUT2D eigenvalue weighted by atomic mass is 16.5. The van der Waals surface area contributed by atoms with E-state index in [9.17, 15) is 0 Å². The molecule has 0 heterocycles. The average Bonchev–Trinajstić information content (AvgIpc) is 3.27. The van der Waals surface area contributed by atoms with Gasteiger partial charge in [0.25, 0.3) is 0 Å². The van der Waals surface area contributed by atoms with E-state index in [-0.39, 0.29) is 5.54 Å². The third-order valence-corrected chi connectivity index (χ3v) is 5.60. The zero-order valence-electron chi connectivity index (χ0n) is 13.7. The van der Waals surface area contributed by atoms with Crippen molar-refractivity contribution in [3.63, 3.8) is 0 Å². The van der Waals surface area contributed by atoms with Crippen LogP contribution in [0, 0.1) is 17.8 Å². The molecule has 0 spiro atoms. The van der Waals surface area contributed by atoms with Gasteiger partial charge in [0.2, 0.25) is 0 Å². The van der Waals surface area contributed by atoms with Gasteiger partial charge in [0, 0.05) is 25.2 Å². The van der Waals surface area contributed by atoms with Crippen LogP contribution in [0.1, 0.15) is 52.4 Å². The molecule has 2 fully saturated rings. The van der Waals surface area contributed by atoms with E-state index in [0.29, 0.717) is 5.92 Å². The molecule has 0 saturated heterocycles. The summed E-state index contributed by atoms with van der Waals surface area (Å²) < 4.78 is 5.82. The number of hydrogen-bond acceptors (Lipinski definition) is 3. The van der Waals surface area contributed by atoms with Gasteiger partial charge in [-0.2, -0.15) is 0 Å². The maximum absolute atomic E-state index is 6.25. The molecule has 0 aromatic carbocycles. The molecule has 0 aliphatic heterocycles. The number of nitrogens with two attached hydrogens (primary N) is 1. The molecule has 3 nitrogen and oxygen atoms in total. The lowest BCUT2D eigenvalue weighted by Crippen LogP contribution is -2.60. The highest BCUT2D eigenvalue weighted by molar-refractivity contribution is 5.00. The van der Waals surface area contributed by atoms with Crippen molar-refractivity contribution in [2.75, 3.05) is 33.4 Å². The smallest absolute Gasteiger partial charge is 0.0593 e. The summed E-state index contributed by atoms with van der Waals surface area (Å²) in [6, 6.07) is 0. The number of ether oxygens (including phenoxy) is 1. The predicted octanol–water partition coefficient (Wildman–Crippen LogP) is 2.89. The van der Waals surface area contributed by atoms with Crippen molar-refractivity contribution in [2.24, 2.45) is 23.5 Å². The van der Waals surface area contributed by atoms with Crippen molar-refractivity contribution in [1.82, 2.24) is 4.90 Å². The summed E-state index contributed by atoms with van der Waals surface area (Å²) in [5.74, 6) is 2.31. The van der Waals surface area contributed by atoms with Gasteiger partial charge in [0.15, 0.2) is 0 Å². The lowest BCUT2D eigenvalue weighted by Gasteiger charge is -2.51. The first-order valence-corrected chi connectivity index (χ1v) is 8.59. The molecule has 0 radical (unpaired) electrons. The Bertz CT molecular complexity index is 291. The van der Waals surface area contributed by atoms with E-state index in [1.165, 1.54) is 38.5 Å². The number of likely N-dealkylation sites (N-methyl/N-ethyl adjacent to an activating group) is 1. The lowest BCUT2D eigenvalue weighted by atomic mass is 9.67. The predicted molar refractivity (Wildman–Crippen MR) is 84.8 cm³/mol. The highest BCUT2D eigenvalue weighted by Gasteiger charge is 2.43. The molecule has 20 heavy (non-hydrogen) atoms. The third kappa shape index (κ3) is 3.75. The van der Waals surface area contributed by atoms with Crippen molar-refractivity contribution in [1.29, 1.82) is 0 Å². The minimum atomic E-state index is 0.204. The molecule has 2 rings (SSSR count). The molecule has 118 valence electrons. The number of rotatable bonds is 8. The van der Waals surface area contributed by atoms with E-state index in [4.69, 9.17) is 10.5 Å². The van der Waals surface area contributed by atoms with Crippen molar-refractivity contribution in [3.05, 3.63) is 0 Å². The summed E-state index contributed by atoms with van der Waals surface area (Å²) in [6.45, 7) is 8.36. The largest absolute Gasteiger partial charge is 0.380 e. The fourth-order valence-corrected chi connectivity index (χ4v) is 4.05. The number of hydrogen-bond donors (Lipinski definition) is 1. The van der Waals surface area contributed by atoms with Crippen LogP contribution in [0.4, 0.5) is 0 Å². The van der Waals surface area contributed by atoms with E-state index >= 15 is 0 Å². The fourth-order valence-electron chi connectivity index (χ4n) is 4.05. The Hall–Kier alpha value is -0.120. The molecule has 0 aromatic rings. The monoisotopic (exact) mass is 282 g/mol. The van der Waals surface area contributed by atoms with Crippen LogP contribution >= 0.6 is 0 Å². The van der Waals surface area contributed by atoms with Gasteiger partial charge in [-0.15, -0.1) is 0 Å². The van der Waals surface area contributed by atoms with Gasteiger partial charge in [0.05, 0.1) is 6.61 Å². The Balaban J connectivity index is 1.88. The van der Waals surface area contributed by atoms with Crippen LogP contribution in [0.5, 0.6) is 0 Å². The Kier molecular flexibility index (Phi) is 5.88. The van der Waals surface area contributed by atoms with Crippen LogP contribution < -0.4 is 5.73 Å². The zero-order chi connectivity index (χ0) is 14.6.